The van der Waals surface area contributed by atoms with E-state index in [9.17, 15) is 4.39 Å². The maximum absolute atomic E-state index is 13.9. The molecule has 0 unspecified atom stereocenters. The Hall–Kier alpha value is -1.29. The average molecular weight is 300 g/mol. The van der Waals surface area contributed by atoms with Crippen molar-refractivity contribution in [3.8, 4) is 11.5 Å². The third-order valence-corrected chi connectivity index (χ3v) is 2.98. The fourth-order valence-electron chi connectivity index (χ4n) is 1.70. The van der Waals surface area contributed by atoms with Crippen molar-refractivity contribution in [2.75, 3.05) is 0 Å². The van der Waals surface area contributed by atoms with E-state index in [4.69, 9.17) is 33.7 Å². The number of para-hydroxylation sites is 1. The van der Waals surface area contributed by atoms with Crippen molar-refractivity contribution >= 4 is 23.2 Å². The summed E-state index contributed by atoms with van der Waals surface area (Å²) in [6.07, 6.45) is 0. The Kier molecular flexibility index (Phi) is 4.30. The molecular formula is C14H12Cl2FNO. The van der Waals surface area contributed by atoms with Gasteiger partial charge in [-0.25, -0.2) is 4.39 Å². The molecule has 0 amide bonds. The third-order valence-electron chi connectivity index (χ3n) is 2.54. The van der Waals surface area contributed by atoms with Crippen molar-refractivity contribution in [1.29, 1.82) is 0 Å². The van der Waals surface area contributed by atoms with Gasteiger partial charge in [0.2, 0.25) is 0 Å². The van der Waals surface area contributed by atoms with Gasteiger partial charge in [0.25, 0.3) is 0 Å². The number of nitrogens with two attached hydrogens (primary N) is 1. The average Bonchev–Trinajstić information content (AvgIpc) is 2.30. The van der Waals surface area contributed by atoms with Crippen LogP contribution in [0, 0.1) is 5.82 Å². The molecule has 0 aromatic heterocycles. The summed E-state index contributed by atoms with van der Waals surface area (Å²) >= 11 is 11.8. The standard InChI is InChI=1S/C14H12Cl2FNO/c1-8(18)12-3-2-4-13(17)14(12)19-11-6-9(15)5-10(16)7-11/h2-8H,18H2,1H3/t8-/m1/s1. The van der Waals surface area contributed by atoms with Gasteiger partial charge < -0.3 is 10.5 Å². The van der Waals surface area contributed by atoms with Crippen LogP contribution in [0.4, 0.5) is 4.39 Å². The van der Waals surface area contributed by atoms with Crippen molar-refractivity contribution in [2.24, 2.45) is 5.73 Å². The summed E-state index contributed by atoms with van der Waals surface area (Å²) in [4.78, 5) is 0. The van der Waals surface area contributed by atoms with Crippen LogP contribution in [-0.2, 0) is 0 Å². The van der Waals surface area contributed by atoms with E-state index < -0.39 is 5.82 Å². The van der Waals surface area contributed by atoms with E-state index in [-0.39, 0.29) is 11.8 Å². The number of ether oxygens (including phenoxy) is 1. The van der Waals surface area contributed by atoms with Gasteiger partial charge in [-0.1, -0.05) is 35.3 Å². The highest BCUT2D eigenvalue weighted by molar-refractivity contribution is 6.34. The van der Waals surface area contributed by atoms with Crippen molar-refractivity contribution in [1.82, 2.24) is 0 Å². The lowest BCUT2D eigenvalue weighted by Gasteiger charge is -2.14. The molecule has 0 fully saturated rings. The molecule has 0 saturated carbocycles. The van der Waals surface area contributed by atoms with Crippen molar-refractivity contribution in [2.45, 2.75) is 13.0 Å². The summed E-state index contributed by atoms with van der Waals surface area (Å²) in [6.45, 7) is 1.76. The van der Waals surface area contributed by atoms with Crippen LogP contribution in [0.5, 0.6) is 11.5 Å². The summed E-state index contributed by atoms with van der Waals surface area (Å²) in [6, 6.07) is 8.97. The van der Waals surface area contributed by atoms with Crippen molar-refractivity contribution in [3.63, 3.8) is 0 Å². The highest BCUT2D eigenvalue weighted by Crippen LogP contribution is 2.33. The van der Waals surface area contributed by atoms with Crippen LogP contribution in [0.3, 0.4) is 0 Å². The number of benzene rings is 2. The SMILES string of the molecule is C[C@@H](N)c1cccc(F)c1Oc1cc(Cl)cc(Cl)c1. The fourth-order valence-corrected chi connectivity index (χ4v) is 2.20. The zero-order chi connectivity index (χ0) is 14.0. The molecule has 0 aliphatic heterocycles. The highest BCUT2D eigenvalue weighted by atomic mass is 35.5. The van der Waals surface area contributed by atoms with Gasteiger partial charge in [0.05, 0.1) is 0 Å². The van der Waals surface area contributed by atoms with Crippen LogP contribution < -0.4 is 10.5 Å². The van der Waals surface area contributed by atoms with Gasteiger partial charge in [0.15, 0.2) is 11.6 Å². The first kappa shape index (κ1) is 14.1. The molecule has 0 saturated heterocycles. The first-order valence-corrected chi connectivity index (χ1v) is 6.41. The molecule has 0 aliphatic rings. The van der Waals surface area contributed by atoms with E-state index in [1.54, 1.807) is 37.3 Å². The maximum atomic E-state index is 13.9. The summed E-state index contributed by atoms with van der Waals surface area (Å²) in [5.74, 6) is -0.0220. The van der Waals surface area contributed by atoms with E-state index in [1.807, 2.05) is 0 Å². The predicted octanol–water partition coefficient (Wildman–Crippen LogP) is 4.94. The zero-order valence-corrected chi connectivity index (χ0v) is 11.7. The largest absolute Gasteiger partial charge is 0.454 e. The quantitative estimate of drug-likeness (QED) is 0.871. The summed E-state index contributed by atoms with van der Waals surface area (Å²) < 4.78 is 19.4. The smallest absolute Gasteiger partial charge is 0.167 e. The normalized spacial score (nSPS) is 12.3. The second-order valence-corrected chi connectivity index (χ2v) is 5.03. The summed E-state index contributed by atoms with van der Waals surface area (Å²) in [5.41, 5.74) is 6.38. The Bertz CT molecular complexity index is 582. The Morgan fingerprint density at radius 3 is 2.37 bits per heavy atom. The molecule has 2 N–H and O–H groups in total. The Morgan fingerprint density at radius 2 is 1.79 bits per heavy atom. The van der Waals surface area contributed by atoms with E-state index in [1.165, 1.54) is 6.07 Å². The van der Waals surface area contributed by atoms with Gasteiger partial charge in [-0.3, -0.25) is 0 Å². The fraction of sp³-hybridized carbons (Fsp3) is 0.143. The van der Waals surface area contributed by atoms with Gasteiger partial charge >= 0.3 is 0 Å². The van der Waals surface area contributed by atoms with Crippen LogP contribution >= 0.6 is 23.2 Å². The Balaban J connectivity index is 2.42. The number of hydrogen-bond donors (Lipinski definition) is 1. The van der Waals surface area contributed by atoms with Crippen molar-refractivity contribution < 1.29 is 9.13 Å². The molecule has 19 heavy (non-hydrogen) atoms. The molecule has 5 heteroatoms. The lowest BCUT2D eigenvalue weighted by atomic mass is 10.1. The molecular weight excluding hydrogens is 288 g/mol. The van der Waals surface area contributed by atoms with Gasteiger partial charge in [0, 0.05) is 21.7 Å². The van der Waals surface area contributed by atoms with Crippen molar-refractivity contribution in [3.05, 3.63) is 57.8 Å². The van der Waals surface area contributed by atoms with Crippen LogP contribution in [0.15, 0.2) is 36.4 Å². The first-order chi connectivity index (χ1) is 8.97. The monoisotopic (exact) mass is 299 g/mol. The number of hydrogen-bond acceptors (Lipinski definition) is 2. The van der Waals surface area contributed by atoms with Crippen LogP contribution in [0.2, 0.25) is 10.0 Å². The minimum Gasteiger partial charge on any atom is -0.454 e. The van der Waals surface area contributed by atoms with E-state index in [0.29, 0.717) is 21.4 Å². The predicted molar refractivity (Wildman–Crippen MR) is 75.5 cm³/mol. The third kappa shape index (κ3) is 3.38. The molecule has 2 aromatic rings. The highest BCUT2D eigenvalue weighted by Gasteiger charge is 2.14. The van der Waals surface area contributed by atoms with Gasteiger partial charge in [0.1, 0.15) is 5.75 Å². The second kappa shape index (κ2) is 5.78. The molecule has 2 aromatic carbocycles. The van der Waals surface area contributed by atoms with Gasteiger partial charge in [-0.2, -0.15) is 0 Å². The number of halogens is 3. The first-order valence-electron chi connectivity index (χ1n) is 5.65. The van der Waals surface area contributed by atoms with Crippen LogP contribution in [-0.4, -0.2) is 0 Å². The molecule has 2 rings (SSSR count). The molecule has 2 nitrogen and oxygen atoms in total. The van der Waals surface area contributed by atoms with Gasteiger partial charge in [-0.05, 0) is 31.2 Å². The van der Waals surface area contributed by atoms with E-state index in [0.717, 1.165) is 0 Å². The minimum atomic E-state index is -0.481. The molecule has 0 spiro atoms. The Morgan fingerprint density at radius 1 is 1.16 bits per heavy atom. The van der Waals surface area contributed by atoms with Crippen LogP contribution in [0.25, 0.3) is 0 Å². The minimum absolute atomic E-state index is 0.0934. The topological polar surface area (TPSA) is 35.2 Å². The maximum Gasteiger partial charge on any atom is 0.167 e. The molecule has 0 bridgehead atoms. The number of rotatable bonds is 3. The molecule has 0 heterocycles. The van der Waals surface area contributed by atoms with Gasteiger partial charge in [-0.15, -0.1) is 0 Å². The Labute approximate surface area is 120 Å². The lowest BCUT2D eigenvalue weighted by Crippen LogP contribution is -2.07. The van der Waals surface area contributed by atoms with E-state index >= 15 is 0 Å². The second-order valence-electron chi connectivity index (χ2n) is 4.15. The summed E-state index contributed by atoms with van der Waals surface area (Å²) in [7, 11) is 0. The molecule has 1 atom stereocenters. The van der Waals surface area contributed by atoms with Crippen LogP contribution in [0.1, 0.15) is 18.5 Å². The summed E-state index contributed by atoms with van der Waals surface area (Å²) in [5, 5.41) is 0.836. The molecule has 0 aliphatic carbocycles. The lowest BCUT2D eigenvalue weighted by molar-refractivity contribution is 0.433. The molecule has 100 valence electrons. The zero-order valence-electron chi connectivity index (χ0n) is 10.2. The molecule has 0 radical (unpaired) electrons. The van der Waals surface area contributed by atoms with E-state index in [2.05, 4.69) is 0 Å².